The van der Waals surface area contributed by atoms with Crippen LogP contribution in [0.15, 0.2) is 41.3 Å². The summed E-state index contributed by atoms with van der Waals surface area (Å²) in [4.78, 5) is 20.1. The number of alkyl halides is 1. The van der Waals surface area contributed by atoms with Crippen molar-refractivity contribution < 1.29 is 17.6 Å². The number of carbonyl (C=O) groups is 1. The number of thiazole rings is 1. The van der Waals surface area contributed by atoms with E-state index in [-0.39, 0.29) is 40.8 Å². The Balaban J connectivity index is 1.47. The monoisotopic (exact) mass is 583 g/mol. The average molecular weight is 584 g/mol. The Kier molecular flexibility index (Phi) is 8.13. The van der Waals surface area contributed by atoms with Crippen molar-refractivity contribution in [1.82, 2.24) is 14.6 Å². The van der Waals surface area contributed by atoms with Crippen molar-refractivity contribution in [3.05, 3.63) is 52.5 Å². The summed E-state index contributed by atoms with van der Waals surface area (Å²) in [6.07, 6.45) is 2.58. The minimum atomic E-state index is -4.21. The van der Waals surface area contributed by atoms with E-state index in [9.17, 15) is 22.9 Å². The van der Waals surface area contributed by atoms with E-state index in [4.69, 9.17) is 0 Å². The van der Waals surface area contributed by atoms with Crippen LogP contribution in [0.2, 0.25) is 0 Å². The Labute approximate surface area is 238 Å². The smallest absolute Gasteiger partial charge is 0.243 e. The van der Waals surface area contributed by atoms with Gasteiger partial charge in [-0.25, -0.2) is 13.4 Å². The van der Waals surface area contributed by atoms with E-state index in [2.05, 4.69) is 34.9 Å². The first-order chi connectivity index (χ1) is 19.1. The van der Waals surface area contributed by atoms with E-state index in [0.29, 0.717) is 56.0 Å². The number of rotatable bonds is 8. The molecule has 212 valence electrons. The minimum Gasteiger partial charge on any atom is -0.383 e. The minimum absolute atomic E-state index is 0.0270. The maximum Gasteiger partial charge on any atom is 0.243 e. The molecule has 8 nitrogen and oxygen atoms in total. The number of hydrogen-bond acceptors (Lipinski definition) is 7. The number of nitrogens with zero attached hydrogens (tertiary/aromatic N) is 3. The van der Waals surface area contributed by atoms with Crippen molar-refractivity contribution in [3.8, 4) is 6.07 Å². The number of halogens is 1. The van der Waals surface area contributed by atoms with Gasteiger partial charge in [0.2, 0.25) is 15.9 Å². The molecule has 0 bridgehead atoms. The average Bonchev–Trinajstić information content (AvgIpc) is 3.34. The zero-order valence-corrected chi connectivity index (χ0v) is 24.4. The number of anilines is 1. The van der Waals surface area contributed by atoms with Gasteiger partial charge in [-0.2, -0.15) is 9.98 Å². The first-order valence-electron chi connectivity index (χ1n) is 13.6. The second-order valence-corrected chi connectivity index (χ2v) is 14.3. The van der Waals surface area contributed by atoms with Crippen LogP contribution in [0.1, 0.15) is 49.2 Å². The molecule has 2 aliphatic heterocycles. The van der Waals surface area contributed by atoms with Crippen molar-refractivity contribution in [2.75, 3.05) is 31.6 Å². The number of sulfonamides is 1. The van der Waals surface area contributed by atoms with E-state index in [1.165, 1.54) is 17.4 Å². The van der Waals surface area contributed by atoms with Gasteiger partial charge in [0.05, 0.1) is 39.2 Å². The molecule has 2 N–H and O–H groups in total. The molecular formula is C29H34FN5O3S2. The molecular weight excluding hydrogens is 549 g/mol. The Morgan fingerprint density at radius 2 is 2.05 bits per heavy atom. The summed E-state index contributed by atoms with van der Waals surface area (Å²) >= 11 is 1.43. The van der Waals surface area contributed by atoms with Crippen LogP contribution in [-0.2, 0) is 27.7 Å². The number of aromatic nitrogens is 1. The van der Waals surface area contributed by atoms with Crippen LogP contribution in [0.4, 0.5) is 10.1 Å². The van der Waals surface area contributed by atoms with Gasteiger partial charge in [0.1, 0.15) is 10.9 Å². The van der Waals surface area contributed by atoms with Crippen molar-refractivity contribution in [1.29, 1.82) is 5.26 Å². The highest BCUT2D eigenvalue weighted by molar-refractivity contribution is 7.89. The normalized spacial score (nSPS) is 18.1. The van der Waals surface area contributed by atoms with E-state index in [0.717, 1.165) is 15.8 Å². The summed E-state index contributed by atoms with van der Waals surface area (Å²) < 4.78 is 44.4. The summed E-state index contributed by atoms with van der Waals surface area (Å²) in [5.41, 5.74) is 2.19. The summed E-state index contributed by atoms with van der Waals surface area (Å²) in [7, 11) is -4.21. The molecule has 3 aromatic rings. The fourth-order valence-corrected chi connectivity index (χ4v) is 8.08. The predicted octanol–water partition coefficient (Wildman–Crippen LogP) is 4.65. The van der Waals surface area contributed by atoms with Gasteiger partial charge < -0.3 is 10.2 Å². The van der Waals surface area contributed by atoms with Crippen LogP contribution in [0, 0.1) is 22.7 Å². The van der Waals surface area contributed by atoms with Crippen LogP contribution < -0.4 is 10.0 Å². The molecule has 3 heterocycles. The first kappa shape index (κ1) is 28.5. The zero-order valence-electron chi connectivity index (χ0n) is 22.7. The lowest BCUT2D eigenvalue weighted by Crippen LogP contribution is -2.51. The van der Waals surface area contributed by atoms with E-state index in [1.54, 1.807) is 11.0 Å². The Bertz CT molecular complexity index is 1520. The number of benzene rings is 2. The standard InChI is InChI=1S/C29H34FN5O3S2/c1-29(2)16-21-13-20(17-31)14-25(27(21)32-18-29)40(37,38)34-23(15-26-33-22-5-3-4-6-24(22)39-26)28(36)35-11-8-19(7-10-30)9-12-35/h3-6,13-14,19,23,32,34H,7-12,15-16,18H2,1-2H3/t23-/m0/s1. The van der Waals surface area contributed by atoms with Gasteiger partial charge in [0, 0.05) is 26.1 Å². The van der Waals surface area contributed by atoms with Gasteiger partial charge in [-0.05, 0) is 66.8 Å². The third kappa shape index (κ3) is 6.14. The number of hydrogen-bond donors (Lipinski definition) is 2. The molecule has 1 atom stereocenters. The molecule has 2 aromatic carbocycles. The predicted molar refractivity (Wildman–Crippen MR) is 154 cm³/mol. The number of likely N-dealkylation sites (tertiary alicyclic amines) is 1. The van der Waals surface area contributed by atoms with E-state index in [1.807, 2.05) is 24.3 Å². The van der Waals surface area contributed by atoms with Crippen LogP contribution >= 0.6 is 11.3 Å². The Hall–Kier alpha value is -3.07. The lowest BCUT2D eigenvalue weighted by atomic mass is 9.82. The SMILES string of the molecule is CC1(C)CNc2c(cc(C#N)cc2S(=O)(=O)N[C@@H](Cc2nc3ccccc3s2)C(=O)N2CCC(CCF)CC2)C1. The lowest BCUT2D eigenvalue weighted by molar-refractivity contribution is -0.134. The zero-order chi connectivity index (χ0) is 28.5. The van der Waals surface area contributed by atoms with Gasteiger partial charge in [-0.3, -0.25) is 9.18 Å². The fraction of sp³-hybridized carbons (Fsp3) is 0.483. The highest BCUT2D eigenvalue weighted by Gasteiger charge is 2.35. The number of nitriles is 1. The van der Waals surface area contributed by atoms with Gasteiger partial charge in [0.25, 0.3) is 0 Å². The third-order valence-electron chi connectivity index (χ3n) is 7.77. The molecule has 1 saturated heterocycles. The molecule has 1 aromatic heterocycles. The molecule has 2 aliphatic rings. The van der Waals surface area contributed by atoms with Gasteiger partial charge in [-0.1, -0.05) is 26.0 Å². The summed E-state index contributed by atoms with van der Waals surface area (Å²) in [5, 5.41) is 13.6. The molecule has 0 radical (unpaired) electrons. The molecule has 1 amide bonds. The molecule has 40 heavy (non-hydrogen) atoms. The van der Waals surface area contributed by atoms with Crippen molar-refractivity contribution >= 4 is 43.2 Å². The molecule has 0 unspecified atom stereocenters. The number of amides is 1. The number of carbonyl (C=O) groups excluding carboxylic acids is 1. The first-order valence-corrected chi connectivity index (χ1v) is 15.9. The number of para-hydroxylation sites is 1. The molecule has 11 heteroatoms. The quantitative estimate of drug-likeness (QED) is 0.399. The summed E-state index contributed by atoms with van der Waals surface area (Å²) in [6, 6.07) is 11.7. The number of fused-ring (bicyclic) bond motifs is 2. The van der Waals surface area contributed by atoms with Crippen LogP contribution in [-0.4, -0.2) is 56.6 Å². The second-order valence-electron chi connectivity index (χ2n) is 11.5. The number of nitrogens with one attached hydrogen (secondary N) is 2. The maximum atomic E-state index is 13.9. The van der Waals surface area contributed by atoms with Crippen molar-refractivity contribution in [2.45, 2.75) is 56.9 Å². The third-order valence-corrected chi connectivity index (χ3v) is 10.3. The van der Waals surface area contributed by atoms with E-state index < -0.39 is 16.1 Å². The number of piperidine rings is 1. The van der Waals surface area contributed by atoms with Crippen LogP contribution in [0.5, 0.6) is 0 Å². The Morgan fingerprint density at radius 1 is 1.30 bits per heavy atom. The maximum absolute atomic E-state index is 13.9. The largest absolute Gasteiger partial charge is 0.383 e. The van der Waals surface area contributed by atoms with Crippen molar-refractivity contribution in [2.24, 2.45) is 11.3 Å². The van der Waals surface area contributed by atoms with Crippen LogP contribution in [0.3, 0.4) is 0 Å². The highest BCUT2D eigenvalue weighted by Crippen LogP contribution is 2.37. The molecule has 5 rings (SSSR count). The molecule has 0 saturated carbocycles. The van der Waals surface area contributed by atoms with Crippen LogP contribution in [0.25, 0.3) is 10.2 Å². The van der Waals surface area contributed by atoms with Crippen molar-refractivity contribution in [3.63, 3.8) is 0 Å². The second kappa shape index (κ2) is 11.4. The molecule has 0 aliphatic carbocycles. The molecule has 1 fully saturated rings. The highest BCUT2D eigenvalue weighted by atomic mass is 32.2. The van der Waals surface area contributed by atoms with Gasteiger partial charge in [-0.15, -0.1) is 11.3 Å². The lowest BCUT2D eigenvalue weighted by Gasteiger charge is -2.35. The Morgan fingerprint density at radius 3 is 2.75 bits per heavy atom. The summed E-state index contributed by atoms with van der Waals surface area (Å²) in [6.45, 7) is 5.27. The topological polar surface area (TPSA) is 115 Å². The summed E-state index contributed by atoms with van der Waals surface area (Å²) in [5.74, 6) is -0.0926. The van der Waals surface area contributed by atoms with E-state index >= 15 is 0 Å². The van der Waals surface area contributed by atoms with Gasteiger partial charge >= 0.3 is 0 Å². The molecule has 0 spiro atoms. The fourth-order valence-electron chi connectivity index (χ4n) is 5.62. The van der Waals surface area contributed by atoms with Gasteiger partial charge in [0.15, 0.2) is 0 Å².